The van der Waals surface area contributed by atoms with Gasteiger partial charge < -0.3 is 10.1 Å². The monoisotopic (exact) mass is 247 g/mol. The molecule has 0 bridgehead atoms. The minimum atomic E-state index is 0.438. The quantitative estimate of drug-likeness (QED) is 0.832. The number of benzene rings is 1. The van der Waals surface area contributed by atoms with Crippen molar-refractivity contribution in [2.24, 2.45) is 5.92 Å². The first-order valence-electron chi connectivity index (χ1n) is 7.19. The third kappa shape index (κ3) is 3.33. The molecule has 100 valence electrons. The molecule has 1 saturated heterocycles. The molecular weight excluding hydrogens is 222 g/mol. The summed E-state index contributed by atoms with van der Waals surface area (Å²) in [5.41, 5.74) is 2.85. The zero-order valence-corrected chi connectivity index (χ0v) is 11.6. The number of nitrogens with one attached hydrogen (secondary N) is 1. The zero-order valence-electron chi connectivity index (χ0n) is 11.6. The lowest BCUT2D eigenvalue weighted by Crippen LogP contribution is -2.25. The number of rotatable bonds is 6. The lowest BCUT2D eigenvalue weighted by atomic mass is 9.91. The van der Waals surface area contributed by atoms with Crippen LogP contribution in [0, 0.1) is 5.92 Å². The molecule has 0 radical (unpaired) electrons. The SMILES string of the molecule is CCCCc1ccc(C(NC)C2CCOC2)cc1. The first-order valence-corrected chi connectivity index (χ1v) is 7.19. The molecule has 1 aromatic carbocycles. The van der Waals surface area contributed by atoms with Crippen LogP contribution in [-0.4, -0.2) is 20.3 Å². The van der Waals surface area contributed by atoms with E-state index in [2.05, 4.69) is 36.5 Å². The van der Waals surface area contributed by atoms with Crippen LogP contribution in [-0.2, 0) is 11.2 Å². The molecule has 1 aromatic rings. The number of aryl methyl sites for hydroxylation is 1. The van der Waals surface area contributed by atoms with Crippen LogP contribution < -0.4 is 5.32 Å². The van der Waals surface area contributed by atoms with Gasteiger partial charge in [0.25, 0.3) is 0 Å². The van der Waals surface area contributed by atoms with Crippen molar-refractivity contribution in [3.63, 3.8) is 0 Å². The van der Waals surface area contributed by atoms with Gasteiger partial charge >= 0.3 is 0 Å². The molecule has 0 amide bonds. The van der Waals surface area contributed by atoms with Gasteiger partial charge in [0.15, 0.2) is 0 Å². The highest BCUT2D eigenvalue weighted by Crippen LogP contribution is 2.28. The second-order valence-corrected chi connectivity index (χ2v) is 5.24. The first-order chi connectivity index (χ1) is 8.85. The molecule has 1 N–H and O–H groups in total. The van der Waals surface area contributed by atoms with Gasteiger partial charge in [0, 0.05) is 18.6 Å². The first kappa shape index (κ1) is 13.6. The molecule has 2 unspecified atom stereocenters. The summed E-state index contributed by atoms with van der Waals surface area (Å²) in [6, 6.07) is 9.57. The maximum absolute atomic E-state index is 5.50. The summed E-state index contributed by atoms with van der Waals surface area (Å²) in [7, 11) is 2.05. The van der Waals surface area contributed by atoms with Gasteiger partial charge in [0.1, 0.15) is 0 Å². The Morgan fingerprint density at radius 1 is 1.33 bits per heavy atom. The number of hydrogen-bond acceptors (Lipinski definition) is 2. The van der Waals surface area contributed by atoms with Crippen LogP contribution in [0.5, 0.6) is 0 Å². The van der Waals surface area contributed by atoms with Gasteiger partial charge in [-0.2, -0.15) is 0 Å². The van der Waals surface area contributed by atoms with E-state index in [1.807, 2.05) is 7.05 Å². The van der Waals surface area contributed by atoms with E-state index >= 15 is 0 Å². The molecule has 18 heavy (non-hydrogen) atoms. The fraction of sp³-hybridized carbons (Fsp3) is 0.625. The van der Waals surface area contributed by atoms with E-state index in [9.17, 15) is 0 Å². The predicted molar refractivity (Wildman–Crippen MR) is 75.8 cm³/mol. The maximum Gasteiger partial charge on any atom is 0.0513 e. The molecule has 0 saturated carbocycles. The highest BCUT2D eigenvalue weighted by molar-refractivity contribution is 5.25. The second kappa shape index (κ2) is 6.91. The van der Waals surface area contributed by atoms with Crippen molar-refractivity contribution in [1.82, 2.24) is 5.32 Å². The summed E-state index contributed by atoms with van der Waals surface area (Å²) in [6.07, 6.45) is 4.92. The third-order valence-corrected chi connectivity index (χ3v) is 3.91. The summed E-state index contributed by atoms with van der Waals surface area (Å²) in [6.45, 7) is 4.05. The molecule has 0 spiro atoms. The van der Waals surface area contributed by atoms with Crippen molar-refractivity contribution in [3.05, 3.63) is 35.4 Å². The van der Waals surface area contributed by atoms with Crippen molar-refractivity contribution in [3.8, 4) is 0 Å². The van der Waals surface area contributed by atoms with E-state index < -0.39 is 0 Å². The van der Waals surface area contributed by atoms with Gasteiger partial charge in [-0.15, -0.1) is 0 Å². The molecule has 1 heterocycles. The minimum absolute atomic E-state index is 0.438. The van der Waals surface area contributed by atoms with E-state index in [-0.39, 0.29) is 0 Å². The Hall–Kier alpha value is -0.860. The molecule has 0 aliphatic carbocycles. The maximum atomic E-state index is 5.50. The fourth-order valence-electron chi connectivity index (χ4n) is 2.76. The van der Waals surface area contributed by atoms with Gasteiger partial charge in [-0.3, -0.25) is 0 Å². The Kier molecular flexibility index (Phi) is 5.21. The average Bonchev–Trinajstić information content (AvgIpc) is 2.93. The van der Waals surface area contributed by atoms with Crippen molar-refractivity contribution >= 4 is 0 Å². The Labute approximate surface area is 111 Å². The Morgan fingerprint density at radius 2 is 2.11 bits per heavy atom. The summed E-state index contributed by atoms with van der Waals surface area (Å²) in [5, 5.41) is 3.44. The molecule has 2 atom stereocenters. The molecule has 2 nitrogen and oxygen atoms in total. The molecule has 1 fully saturated rings. The van der Waals surface area contributed by atoms with E-state index in [1.54, 1.807) is 0 Å². The standard InChI is InChI=1S/C16H25NO/c1-3-4-5-13-6-8-14(9-7-13)16(17-2)15-10-11-18-12-15/h6-9,15-17H,3-5,10-12H2,1-2H3. The Morgan fingerprint density at radius 3 is 2.67 bits per heavy atom. The molecule has 2 heteroatoms. The highest BCUT2D eigenvalue weighted by atomic mass is 16.5. The van der Waals surface area contributed by atoms with Crippen LogP contribution in [0.15, 0.2) is 24.3 Å². The number of hydrogen-bond donors (Lipinski definition) is 1. The van der Waals surface area contributed by atoms with Crippen LogP contribution in [0.25, 0.3) is 0 Å². The summed E-state index contributed by atoms with van der Waals surface area (Å²) < 4.78 is 5.50. The molecular formula is C16H25NO. The number of ether oxygens (including phenoxy) is 1. The van der Waals surface area contributed by atoms with Crippen molar-refractivity contribution in [1.29, 1.82) is 0 Å². The van der Waals surface area contributed by atoms with E-state index in [1.165, 1.54) is 36.8 Å². The van der Waals surface area contributed by atoms with Crippen molar-refractivity contribution in [2.45, 2.75) is 38.6 Å². The second-order valence-electron chi connectivity index (χ2n) is 5.24. The van der Waals surface area contributed by atoms with E-state index in [0.717, 1.165) is 13.2 Å². The third-order valence-electron chi connectivity index (χ3n) is 3.91. The van der Waals surface area contributed by atoms with Crippen LogP contribution in [0.3, 0.4) is 0 Å². The Balaban J connectivity index is 2.02. The van der Waals surface area contributed by atoms with Gasteiger partial charge in [-0.05, 0) is 37.4 Å². The van der Waals surface area contributed by atoms with Crippen LogP contribution >= 0.6 is 0 Å². The highest BCUT2D eigenvalue weighted by Gasteiger charge is 2.25. The number of unbranched alkanes of at least 4 members (excludes halogenated alkanes) is 1. The smallest absolute Gasteiger partial charge is 0.0513 e. The Bertz CT molecular complexity index is 341. The molecule has 0 aromatic heterocycles. The van der Waals surface area contributed by atoms with Gasteiger partial charge in [0.2, 0.25) is 0 Å². The summed E-state index contributed by atoms with van der Waals surface area (Å²) in [5.74, 6) is 0.622. The molecule has 1 aliphatic heterocycles. The van der Waals surface area contributed by atoms with Gasteiger partial charge in [-0.1, -0.05) is 37.6 Å². The van der Waals surface area contributed by atoms with Crippen LogP contribution in [0.4, 0.5) is 0 Å². The normalized spacial score (nSPS) is 21.1. The zero-order chi connectivity index (χ0) is 12.8. The van der Waals surface area contributed by atoms with E-state index in [4.69, 9.17) is 4.74 Å². The minimum Gasteiger partial charge on any atom is -0.381 e. The lowest BCUT2D eigenvalue weighted by Gasteiger charge is -2.22. The van der Waals surface area contributed by atoms with E-state index in [0.29, 0.717) is 12.0 Å². The summed E-state index contributed by atoms with van der Waals surface area (Å²) in [4.78, 5) is 0. The van der Waals surface area contributed by atoms with Crippen LogP contribution in [0.1, 0.15) is 43.4 Å². The molecule has 1 aliphatic rings. The van der Waals surface area contributed by atoms with Gasteiger partial charge in [-0.25, -0.2) is 0 Å². The summed E-state index contributed by atoms with van der Waals surface area (Å²) >= 11 is 0. The largest absolute Gasteiger partial charge is 0.381 e. The lowest BCUT2D eigenvalue weighted by molar-refractivity contribution is 0.178. The average molecular weight is 247 g/mol. The van der Waals surface area contributed by atoms with Crippen molar-refractivity contribution < 1.29 is 4.74 Å². The van der Waals surface area contributed by atoms with Crippen LogP contribution in [0.2, 0.25) is 0 Å². The predicted octanol–water partition coefficient (Wildman–Crippen LogP) is 3.33. The van der Waals surface area contributed by atoms with Crippen molar-refractivity contribution in [2.75, 3.05) is 20.3 Å². The fourth-order valence-corrected chi connectivity index (χ4v) is 2.76. The van der Waals surface area contributed by atoms with Gasteiger partial charge in [0.05, 0.1) is 6.61 Å². The molecule has 2 rings (SSSR count). The topological polar surface area (TPSA) is 21.3 Å².